The maximum absolute atomic E-state index is 9.95. The van der Waals surface area contributed by atoms with E-state index >= 15 is 0 Å². The number of fused-ring (bicyclic) bond motifs is 1. The van der Waals surface area contributed by atoms with Crippen LogP contribution in [0.15, 0.2) is 36.4 Å². The Kier molecular flexibility index (Phi) is 4.10. The highest BCUT2D eigenvalue weighted by Crippen LogP contribution is 2.20. The van der Waals surface area contributed by atoms with E-state index in [0.717, 1.165) is 10.9 Å². The van der Waals surface area contributed by atoms with E-state index in [2.05, 4.69) is 20.9 Å². The number of hydrogen-bond donors (Lipinski definition) is 2. The average Bonchev–Trinajstić information content (AvgIpc) is 2.37. The maximum atomic E-state index is 9.95. The fraction of sp³-hybridized carbons (Fsp3) is 0.308. The molecule has 0 aliphatic heterocycles. The second kappa shape index (κ2) is 5.58. The van der Waals surface area contributed by atoms with Gasteiger partial charge in [-0.05, 0) is 18.6 Å². The first kappa shape index (κ1) is 12.5. The minimum atomic E-state index is -0.933. The number of benzene rings is 1. The summed E-state index contributed by atoms with van der Waals surface area (Å²) in [5, 5.41) is 21.3. The van der Waals surface area contributed by atoms with Gasteiger partial charge in [-0.2, -0.15) is 0 Å². The molecule has 0 saturated heterocycles. The Morgan fingerprint density at radius 1 is 1.12 bits per heavy atom. The van der Waals surface area contributed by atoms with E-state index in [-0.39, 0.29) is 0 Å². The van der Waals surface area contributed by atoms with Crippen molar-refractivity contribution in [2.24, 2.45) is 0 Å². The molecule has 2 unspecified atom stereocenters. The molecule has 0 radical (unpaired) electrons. The van der Waals surface area contributed by atoms with Gasteiger partial charge < -0.3 is 10.2 Å². The number of alkyl halides is 1. The summed E-state index contributed by atoms with van der Waals surface area (Å²) < 4.78 is 0. The molecule has 0 fully saturated rings. The molecular formula is C13H14BrNO2. The highest BCUT2D eigenvalue weighted by molar-refractivity contribution is 9.09. The number of nitrogens with zero attached hydrogens (tertiary/aromatic N) is 1. The third kappa shape index (κ3) is 2.83. The topological polar surface area (TPSA) is 53.4 Å². The van der Waals surface area contributed by atoms with E-state index in [1.165, 1.54) is 0 Å². The first-order valence-corrected chi connectivity index (χ1v) is 6.62. The number of hydrogen-bond acceptors (Lipinski definition) is 3. The Hall–Kier alpha value is -0.970. The largest absolute Gasteiger partial charge is 0.390 e. The van der Waals surface area contributed by atoms with Crippen LogP contribution in [0.25, 0.3) is 10.9 Å². The SMILES string of the molecule is OC(CCBr)C(O)c1ccc2ccccc2n1. The first-order chi connectivity index (χ1) is 8.22. The normalized spacial score (nSPS) is 14.8. The number of aliphatic hydroxyl groups is 2. The molecule has 1 aromatic heterocycles. The minimum Gasteiger partial charge on any atom is -0.390 e. The van der Waals surface area contributed by atoms with Crippen molar-refractivity contribution in [3.05, 3.63) is 42.1 Å². The molecule has 2 N–H and O–H groups in total. The molecule has 2 atom stereocenters. The average molecular weight is 296 g/mol. The molecule has 0 bridgehead atoms. The molecule has 2 rings (SSSR count). The Labute approximate surface area is 108 Å². The standard InChI is InChI=1S/C13H14BrNO2/c14-8-7-12(16)13(17)11-6-5-9-3-1-2-4-10(9)15-11/h1-6,12-13,16-17H,7-8H2. The number of rotatable bonds is 4. The number of aliphatic hydroxyl groups excluding tert-OH is 2. The second-order valence-corrected chi connectivity index (χ2v) is 4.71. The summed E-state index contributed by atoms with van der Waals surface area (Å²) in [5.74, 6) is 0. The fourth-order valence-corrected chi connectivity index (χ4v) is 2.18. The molecule has 3 nitrogen and oxygen atoms in total. The quantitative estimate of drug-likeness (QED) is 0.852. The summed E-state index contributed by atoms with van der Waals surface area (Å²) in [5.41, 5.74) is 1.34. The van der Waals surface area contributed by atoms with Gasteiger partial charge in [-0.1, -0.05) is 40.2 Å². The summed E-state index contributed by atoms with van der Waals surface area (Å²) in [6.07, 6.45) is -1.23. The molecular weight excluding hydrogens is 282 g/mol. The summed E-state index contributed by atoms with van der Waals surface area (Å²) >= 11 is 3.24. The van der Waals surface area contributed by atoms with Crippen molar-refractivity contribution >= 4 is 26.8 Å². The van der Waals surface area contributed by atoms with Gasteiger partial charge in [0, 0.05) is 10.7 Å². The van der Waals surface area contributed by atoms with Gasteiger partial charge in [0.25, 0.3) is 0 Å². The van der Waals surface area contributed by atoms with Crippen LogP contribution >= 0.6 is 15.9 Å². The number of para-hydroxylation sites is 1. The van der Waals surface area contributed by atoms with Crippen molar-refractivity contribution in [1.82, 2.24) is 4.98 Å². The maximum Gasteiger partial charge on any atom is 0.122 e. The molecule has 0 aliphatic carbocycles. The van der Waals surface area contributed by atoms with Crippen molar-refractivity contribution < 1.29 is 10.2 Å². The van der Waals surface area contributed by atoms with Crippen molar-refractivity contribution in [2.45, 2.75) is 18.6 Å². The van der Waals surface area contributed by atoms with Crippen LogP contribution in [0.4, 0.5) is 0 Å². The lowest BCUT2D eigenvalue weighted by Gasteiger charge is -2.16. The van der Waals surface area contributed by atoms with Crippen molar-refractivity contribution in [3.63, 3.8) is 0 Å². The van der Waals surface area contributed by atoms with Crippen LogP contribution in [0.5, 0.6) is 0 Å². The highest BCUT2D eigenvalue weighted by atomic mass is 79.9. The lowest BCUT2D eigenvalue weighted by Crippen LogP contribution is -2.19. The van der Waals surface area contributed by atoms with Gasteiger partial charge >= 0.3 is 0 Å². The zero-order valence-corrected chi connectivity index (χ0v) is 10.8. The lowest BCUT2D eigenvalue weighted by atomic mass is 10.1. The molecule has 0 amide bonds. The van der Waals surface area contributed by atoms with Crippen LogP contribution in [-0.4, -0.2) is 26.6 Å². The monoisotopic (exact) mass is 295 g/mol. The molecule has 0 saturated carbocycles. The van der Waals surface area contributed by atoms with Crippen molar-refractivity contribution in [3.8, 4) is 0 Å². The molecule has 90 valence electrons. The molecule has 1 heterocycles. The summed E-state index contributed by atoms with van der Waals surface area (Å²) in [7, 11) is 0. The molecule has 4 heteroatoms. The van der Waals surface area contributed by atoms with Crippen LogP contribution < -0.4 is 0 Å². The zero-order valence-electron chi connectivity index (χ0n) is 9.25. The first-order valence-electron chi connectivity index (χ1n) is 5.50. The fourth-order valence-electron chi connectivity index (χ4n) is 1.71. The van der Waals surface area contributed by atoms with Crippen LogP contribution in [0.2, 0.25) is 0 Å². The van der Waals surface area contributed by atoms with E-state index in [1.54, 1.807) is 6.07 Å². The van der Waals surface area contributed by atoms with Crippen LogP contribution in [0, 0.1) is 0 Å². The Morgan fingerprint density at radius 2 is 1.88 bits per heavy atom. The van der Waals surface area contributed by atoms with Gasteiger partial charge in [0.15, 0.2) is 0 Å². The van der Waals surface area contributed by atoms with Gasteiger partial charge in [0.2, 0.25) is 0 Å². The van der Waals surface area contributed by atoms with Crippen molar-refractivity contribution in [2.75, 3.05) is 5.33 Å². The third-order valence-corrected chi connectivity index (χ3v) is 3.15. The lowest BCUT2D eigenvalue weighted by molar-refractivity contribution is 0.0150. The molecule has 17 heavy (non-hydrogen) atoms. The predicted octanol–water partition coefficient (Wildman–Crippen LogP) is 2.41. The highest BCUT2D eigenvalue weighted by Gasteiger charge is 2.18. The van der Waals surface area contributed by atoms with E-state index in [4.69, 9.17) is 0 Å². The second-order valence-electron chi connectivity index (χ2n) is 3.92. The van der Waals surface area contributed by atoms with E-state index < -0.39 is 12.2 Å². The van der Waals surface area contributed by atoms with Crippen LogP contribution in [0.3, 0.4) is 0 Å². The zero-order chi connectivity index (χ0) is 12.3. The smallest absolute Gasteiger partial charge is 0.122 e. The number of pyridine rings is 1. The van der Waals surface area contributed by atoms with Gasteiger partial charge in [-0.3, -0.25) is 0 Å². The van der Waals surface area contributed by atoms with Crippen LogP contribution in [-0.2, 0) is 0 Å². The molecule has 0 aliphatic rings. The number of aromatic nitrogens is 1. The van der Waals surface area contributed by atoms with Gasteiger partial charge in [0.05, 0.1) is 17.3 Å². The minimum absolute atomic E-state index is 0.496. The van der Waals surface area contributed by atoms with Crippen molar-refractivity contribution in [1.29, 1.82) is 0 Å². The van der Waals surface area contributed by atoms with Crippen LogP contribution in [0.1, 0.15) is 18.2 Å². The predicted molar refractivity (Wildman–Crippen MR) is 71.1 cm³/mol. The Morgan fingerprint density at radius 3 is 2.65 bits per heavy atom. The third-order valence-electron chi connectivity index (χ3n) is 2.69. The van der Waals surface area contributed by atoms with E-state index in [1.807, 2.05) is 30.3 Å². The Balaban J connectivity index is 2.29. The van der Waals surface area contributed by atoms with Gasteiger partial charge in [-0.15, -0.1) is 0 Å². The summed E-state index contributed by atoms with van der Waals surface area (Å²) in [4.78, 5) is 4.35. The number of halogens is 1. The summed E-state index contributed by atoms with van der Waals surface area (Å²) in [6.45, 7) is 0. The molecule has 1 aromatic carbocycles. The van der Waals surface area contributed by atoms with Gasteiger partial charge in [0.1, 0.15) is 6.10 Å². The van der Waals surface area contributed by atoms with E-state index in [9.17, 15) is 10.2 Å². The Bertz CT molecular complexity index is 503. The van der Waals surface area contributed by atoms with Gasteiger partial charge in [-0.25, -0.2) is 4.98 Å². The van der Waals surface area contributed by atoms with E-state index in [0.29, 0.717) is 17.4 Å². The molecule has 2 aromatic rings. The molecule has 0 spiro atoms. The summed E-state index contributed by atoms with van der Waals surface area (Å²) in [6, 6.07) is 11.4.